The van der Waals surface area contributed by atoms with Crippen LogP contribution in [0, 0.1) is 23.7 Å². The Balaban J connectivity index is 0.000000159. The largest absolute Gasteiger partial charge is 0.477 e. The number of aromatic carboxylic acids is 1. The van der Waals surface area contributed by atoms with E-state index in [0.29, 0.717) is 82.2 Å². The van der Waals surface area contributed by atoms with E-state index in [-0.39, 0.29) is 42.9 Å². The standard InChI is InChI=1S/C24H30ClN5O3.C18H19ClN4O3.C6H13NO/c25-21-7-14(1-2-15(21)13-31)9-26-22-20(23(33)28-18-3-5-19(32)6-4-18)10-27-24(29-22)30-11-16-8-17(16)12-30;19-15-3-10(1-2-11(15)9-24)5-20-16-14(17(25)26)6-21-18(22-16)23-7-12-4-13(12)8-23;7-5-1-3-6(8)4-2-5/h1-2,7,10,16-19,31-32H,3-6,8-9,11-13H2,(H,28,33)(H,26,27,29);1-3,6,12-13,24H,4-5,7-9H2,(H,25,26)(H,20,21,22);5-6,8H,1-4,7H2. The highest BCUT2D eigenvalue weighted by Gasteiger charge is 2.47. The van der Waals surface area contributed by atoms with Crippen molar-refractivity contribution in [3.8, 4) is 0 Å². The molecule has 19 heteroatoms. The van der Waals surface area contributed by atoms with Gasteiger partial charge in [0, 0.05) is 73.8 Å². The number of rotatable bonds is 13. The van der Waals surface area contributed by atoms with Gasteiger partial charge in [0.15, 0.2) is 0 Å². The van der Waals surface area contributed by atoms with E-state index in [9.17, 15) is 30.0 Å². The van der Waals surface area contributed by atoms with E-state index in [0.717, 1.165) is 99.5 Å². The first-order valence-corrected chi connectivity index (χ1v) is 24.2. The van der Waals surface area contributed by atoms with E-state index < -0.39 is 5.97 Å². The van der Waals surface area contributed by atoms with Gasteiger partial charge in [-0.2, -0.15) is 9.97 Å². The molecular formula is C48H62Cl2N10O7. The van der Waals surface area contributed by atoms with Crippen LogP contribution in [-0.2, 0) is 26.3 Å². The first kappa shape index (κ1) is 48.6. The molecule has 2 aliphatic heterocycles. The van der Waals surface area contributed by atoms with Crippen LogP contribution in [0.15, 0.2) is 48.8 Å². The van der Waals surface area contributed by atoms with E-state index in [1.165, 1.54) is 19.0 Å². The zero-order valence-electron chi connectivity index (χ0n) is 37.5. The second-order valence-electron chi connectivity index (χ2n) is 18.9. The number of carbonyl (C=O) groups is 2. The van der Waals surface area contributed by atoms with Crippen LogP contribution in [0.25, 0.3) is 0 Å². The predicted molar refractivity (Wildman–Crippen MR) is 256 cm³/mol. The van der Waals surface area contributed by atoms with Gasteiger partial charge in [0.2, 0.25) is 11.9 Å². The number of halogens is 2. The van der Waals surface area contributed by atoms with Gasteiger partial charge in [-0.1, -0.05) is 47.5 Å². The molecule has 10 N–H and O–H groups in total. The normalized spacial score (nSPS) is 25.7. The van der Waals surface area contributed by atoms with E-state index in [2.05, 4.69) is 40.7 Å². The van der Waals surface area contributed by atoms with Crippen LogP contribution in [0.4, 0.5) is 23.5 Å². The number of aliphatic hydroxyl groups is 4. The molecule has 4 heterocycles. The minimum atomic E-state index is -1.07. The summed E-state index contributed by atoms with van der Waals surface area (Å²) in [5, 5.41) is 57.1. The average molecular weight is 962 g/mol. The average Bonchev–Trinajstić information content (AvgIpc) is 4.17. The Morgan fingerprint density at radius 2 is 1.09 bits per heavy atom. The minimum absolute atomic E-state index is 0.0381. The number of aliphatic hydroxyl groups excluding tert-OH is 4. The summed E-state index contributed by atoms with van der Waals surface area (Å²) < 4.78 is 0. The number of aromatic nitrogens is 4. The summed E-state index contributed by atoms with van der Waals surface area (Å²) in [7, 11) is 0. The molecule has 6 fully saturated rings. The number of carbonyl (C=O) groups excluding carboxylic acids is 1. The Morgan fingerprint density at radius 1 is 0.657 bits per heavy atom. The summed E-state index contributed by atoms with van der Waals surface area (Å²) in [5.74, 6) is 3.71. The molecule has 2 aromatic carbocycles. The number of piperidine rings is 2. The molecule has 4 atom stereocenters. The van der Waals surface area contributed by atoms with Crippen molar-refractivity contribution < 1.29 is 35.1 Å². The summed E-state index contributed by atoms with van der Waals surface area (Å²) in [4.78, 5) is 46.8. The molecule has 0 spiro atoms. The van der Waals surface area contributed by atoms with Gasteiger partial charge >= 0.3 is 5.97 Å². The number of hydrogen-bond donors (Lipinski definition) is 9. The summed E-state index contributed by atoms with van der Waals surface area (Å²) in [5.41, 5.74) is 9.15. The van der Waals surface area contributed by atoms with Gasteiger partial charge in [-0.3, -0.25) is 4.79 Å². The molecule has 4 unspecified atom stereocenters. The molecule has 4 saturated carbocycles. The molecule has 4 aliphatic carbocycles. The first-order valence-electron chi connectivity index (χ1n) is 23.5. The van der Waals surface area contributed by atoms with Crippen molar-refractivity contribution in [1.29, 1.82) is 0 Å². The monoisotopic (exact) mass is 960 g/mol. The summed E-state index contributed by atoms with van der Waals surface area (Å²) in [6.45, 7) is 4.39. The Bertz CT molecular complexity index is 2340. The number of carboxylic acid groups (broad SMARTS) is 1. The van der Waals surface area contributed by atoms with E-state index >= 15 is 0 Å². The van der Waals surface area contributed by atoms with Crippen molar-refractivity contribution in [3.05, 3.63) is 92.2 Å². The molecule has 6 aliphatic rings. The lowest BCUT2D eigenvalue weighted by molar-refractivity contribution is 0.0696. The zero-order valence-corrected chi connectivity index (χ0v) is 39.0. The highest BCUT2D eigenvalue weighted by Crippen LogP contribution is 2.46. The molecule has 10 rings (SSSR count). The third-order valence-corrected chi connectivity index (χ3v) is 14.5. The van der Waals surface area contributed by atoms with E-state index in [4.69, 9.17) is 39.0 Å². The third-order valence-electron chi connectivity index (χ3n) is 13.8. The van der Waals surface area contributed by atoms with Crippen molar-refractivity contribution in [2.45, 2.75) is 115 Å². The molecule has 360 valence electrons. The smallest absolute Gasteiger partial charge is 0.341 e. The predicted octanol–water partition coefficient (Wildman–Crippen LogP) is 5.36. The molecule has 4 aromatic rings. The van der Waals surface area contributed by atoms with Gasteiger partial charge in [0.1, 0.15) is 22.8 Å². The molecule has 2 aromatic heterocycles. The fourth-order valence-electron chi connectivity index (χ4n) is 9.38. The Labute approximate surface area is 400 Å². The molecule has 1 amide bonds. The number of hydrogen-bond acceptors (Lipinski definition) is 15. The fourth-order valence-corrected chi connectivity index (χ4v) is 9.91. The quantitative estimate of drug-likeness (QED) is 0.0818. The van der Waals surface area contributed by atoms with Crippen LogP contribution < -0.4 is 31.5 Å². The lowest BCUT2D eigenvalue weighted by atomic mass is 9.93. The topological polar surface area (TPSA) is 255 Å². The molecule has 67 heavy (non-hydrogen) atoms. The highest BCUT2D eigenvalue weighted by atomic mass is 35.5. The van der Waals surface area contributed by atoms with Gasteiger partial charge < -0.3 is 57.0 Å². The van der Waals surface area contributed by atoms with Crippen molar-refractivity contribution in [3.63, 3.8) is 0 Å². The SMILES string of the molecule is NC1CCC(O)CC1.O=C(NC1CCC(O)CC1)c1cnc(N2CC3CC3C2)nc1NCc1ccc(CO)c(Cl)c1.O=C(O)c1cnc(N2CC3CC3C2)nc1NCc1ccc(CO)c(Cl)c1. The number of amides is 1. The molecule has 0 radical (unpaired) electrons. The second-order valence-corrected chi connectivity index (χ2v) is 19.7. The van der Waals surface area contributed by atoms with Gasteiger partial charge in [-0.15, -0.1) is 0 Å². The first-order chi connectivity index (χ1) is 32.3. The lowest BCUT2D eigenvalue weighted by Gasteiger charge is -2.26. The van der Waals surface area contributed by atoms with Crippen molar-refractivity contribution >= 4 is 58.6 Å². The highest BCUT2D eigenvalue weighted by molar-refractivity contribution is 6.31. The van der Waals surface area contributed by atoms with Crippen LogP contribution in [0.2, 0.25) is 10.0 Å². The van der Waals surface area contributed by atoms with Gasteiger partial charge in [0.05, 0.1) is 25.4 Å². The van der Waals surface area contributed by atoms with Crippen LogP contribution in [0.1, 0.15) is 107 Å². The van der Waals surface area contributed by atoms with Gasteiger partial charge in [-0.05, 0) is 122 Å². The second kappa shape index (κ2) is 22.0. The Morgan fingerprint density at radius 3 is 1.51 bits per heavy atom. The minimum Gasteiger partial charge on any atom is -0.477 e. The summed E-state index contributed by atoms with van der Waals surface area (Å²) >= 11 is 12.3. The maximum absolute atomic E-state index is 13.1. The van der Waals surface area contributed by atoms with Crippen LogP contribution in [0.3, 0.4) is 0 Å². The van der Waals surface area contributed by atoms with Crippen molar-refractivity contribution in [2.75, 3.05) is 46.6 Å². The number of nitrogens with zero attached hydrogens (tertiary/aromatic N) is 6. The molecule has 0 bridgehead atoms. The lowest BCUT2D eigenvalue weighted by Crippen LogP contribution is -2.39. The van der Waals surface area contributed by atoms with Crippen LogP contribution in [-0.4, -0.2) is 108 Å². The number of nitrogens with one attached hydrogen (secondary N) is 3. The summed E-state index contributed by atoms with van der Waals surface area (Å²) in [6, 6.07) is 11.2. The number of fused-ring (bicyclic) bond motifs is 2. The summed E-state index contributed by atoms with van der Waals surface area (Å²) in [6.07, 6.45) is 12.0. The van der Waals surface area contributed by atoms with E-state index in [1.807, 2.05) is 18.2 Å². The Hall–Kier alpha value is -4.88. The molecule has 17 nitrogen and oxygen atoms in total. The zero-order chi connectivity index (χ0) is 47.2. The third kappa shape index (κ3) is 12.8. The van der Waals surface area contributed by atoms with Gasteiger partial charge in [-0.25, -0.2) is 14.8 Å². The molecular weight excluding hydrogens is 899 g/mol. The number of nitrogens with two attached hydrogens (primary N) is 1. The van der Waals surface area contributed by atoms with E-state index in [1.54, 1.807) is 24.4 Å². The van der Waals surface area contributed by atoms with Crippen LogP contribution in [0.5, 0.6) is 0 Å². The number of anilines is 4. The maximum Gasteiger partial charge on any atom is 0.341 e. The van der Waals surface area contributed by atoms with Crippen molar-refractivity contribution in [2.24, 2.45) is 29.4 Å². The van der Waals surface area contributed by atoms with Gasteiger partial charge in [0.25, 0.3) is 5.91 Å². The Kier molecular flexibility index (Phi) is 16.0. The molecule has 2 saturated heterocycles. The maximum atomic E-state index is 13.1. The fraction of sp³-hybridized carbons (Fsp3) is 0.542. The van der Waals surface area contributed by atoms with Crippen LogP contribution >= 0.6 is 23.2 Å². The number of benzene rings is 2. The van der Waals surface area contributed by atoms with Crippen molar-refractivity contribution in [1.82, 2.24) is 25.3 Å². The number of carboxylic acids is 1.